The number of hydrogen-bond donors (Lipinski definition) is 0. The second-order valence-electron chi connectivity index (χ2n) is 4.53. The minimum Gasteiger partial charge on any atom is -0.480 e. The highest BCUT2D eigenvalue weighted by atomic mass is 16.5. The number of nitrogens with zero attached hydrogens (tertiary/aromatic N) is 2. The molecule has 4 nitrogen and oxygen atoms in total. The quantitative estimate of drug-likeness (QED) is 0.706. The number of aliphatic imine (C=N–C) groups is 2. The third-order valence-corrected chi connectivity index (χ3v) is 2.69. The Morgan fingerprint density at radius 1 is 1.17 bits per heavy atom. The molecule has 0 aromatic heterocycles. The van der Waals surface area contributed by atoms with Crippen LogP contribution in [0.5, 0.6) is 0 Å². The maximum Gasteiger partial charge on any atom is 0.210 e. The molecule has 18 heavy (non-hydrogen) atoms. The van der Waals surface area contributed by atoms with E-state index in [0.29, 0.717) is 25.0 Å². The zero-order valence-electron chi connectivity index (χ0n) is 11.8. The van der Waals surface area contributed by atoms with Gasteiger partial charge < -0.3 is 9.47 Å². The van der Waals surface area contributed by atoms with Crippen LogP contribution in [0.1, 0.15) is 34.1 Å². The average molecular weight is 252 g/mol. The van der Waals surface area contributed by atoms with E-state index in [-0.39, 0.29) is 12.1 Å². The molecule has 4 heteroatoms. The molecule has 0 saturated carbocycles. The number of rotatable bonds is 5. The number of hydrogen-bond acceptors (Lipinski definition) is 4. The molecule has 1 heterocycles. The van der Waals surface area contributed by atoms with E-state index in [2.05, 4.69) is 30.4 Å². The maximum absolute atomic E-state index is 5.61. The fourth-order valence-corrected chi connectivity index (χ4v) is 1.86. The van der Waals surface area contributed by atoms with Crippen LogP contribution in [0.15, 0.2) is 22.6 Å². The summed E-state index contributed by atoms with van der Waals surface area (Å²) in [6.45, 7) is 13.1. The van der Waals surface area contributed by atoms with Crippen molar-refractivity contribution in [1.29, 1.82) is 0 Å². The van der Waals surface area contributed by atoms with Crippen LogP contribution < -0.4 is 0 Å². The highest BCUT2D eigenvalue weighted by Crippen LogP contribution is 2.19. The van der Waals surface area contributed by atoms with Crippen molar-refractivity contribution in [2.75, 3.05) is 13.2 Å². The standard InChI is InChI=1S/C14H24N2O2/c1-6-9-11-13(17-7-2)16-12(10(4)5)14(15-11)18-8-3/h6,10-12H,1,7-9H2,2-5H3/t11-,12+/m0/s1. The lowest BCUT2D eigenvalue weighted by Crippen LogP contribution is -2.38. The van der Waals surface area contributed by atoms with Crippen LogP contribution in [0, 0.1) is 5.92 Å². The van der Waals surface area contributed by atoms with Crippen molar-refractivity contribution in [3.63, 3.8) is 0 Å². The van der Waals surface area contributed by atoms with Crippen molar-refractivity contribution >= 4 is 11.8 Å². The molecule has 0 bridgehead atoms. The molecule has 2 atom stereocenters. The van der Waals surface area contributed by atoms with Crippen LogP contribution in [-0.2, 0) is 9.47 Å². The fourth-order valence-electron chi connectivity index (χ4n) is 1.86. The van der Waals surface area contributed by atoms with Crippen LogP contribution in [0.3, 0.4) is 0 Å². The van der Waals surface area contributed by atoms with E-state index in [1.807, 2.05) is 19.9 Å². The molecule has 0 radical (unpaired) electrons. The molecule has 0 aromatic rings. The molecule has 1 rings (SSSR count). The first kappa shape index (κ1) is 14.7. The van der Waals surface area contributed by atoms with E-state index in [1.165, 1.54) is 0 Å². The molecule has 1 aliphatic heterocycles. The van der Waals surface area contributed by atoms with Gasteiger partial charge in [0.25, 0.3) is 0 Å². The summed E-state index contributed by atoms with van der Waals surface area (Å²) in [5.41, 5.74) is 0. The predicted molar refractivity (Wildman–Crippen MR) is 75.4 cm³/mol. The van der Waals surface area contributed by atoms with Crippen molar-refractivity contribution in [3.05, 3.63) is 12.7 Å². The molecule has 0 fully saturated rings. The van der Waals surface area contributed by atoms with Crippen LogP contribution in [0.4, 0.5) is 0 Å². The predicted octanol–water partition coefficient (Wildman–Crippen LogP) is 2.84. The highest BCUT2D eigenvalue weighted by Gasteiger charge is 2.30. The highest BCUT2D eigenvalue weighted by molar-refractivity contribution is 5.94. The minimum atomic E-state index is -0.0843. The summed E-state index contributed by atoms with van der Waals surface area (Å²) < 4.78 is 11.2. The Morgan fingerprint density at radius 3 is 2.28 bits per heavy atom. The molecule has 102 valence electrons. The van der Waals surface area contributed by atoms with Gasteiger partial charge in [0.1, 0.15) is 12.1 Å². The Hall–Kier alpha value is -1.32. The van der Waals surface area contributed by atoms with Crippen LogP contribution >= 0.6 is 0 Å². The first-order valence-electron chi connectivity index (χ1n) is 6.65. The average Bonchev–Trinajstić information content (AvgIpc) is 2.32. The second-order valence-corrected chi connectivity index (χ2v) is 4.53. The summed E-state index contributed by atoms with van der Waals surface area (Å²) in [6.07, 6.45) is 2.56. The second kappa shape index (κ2) is 7.19. The first-order chi connectivity index (χ1) is 8.63. The molecular formula is C14H24N2O2. The zero-order valence-corrected chi connectivity index (χ0v) is 11.8. The van der Waals surface area contributed by atoms with Crippen molar-refractivity contribution in [3.8, 4) is 0 Å². The van der Waals surface area contributed by atoms with E-state index in [1.54, 1.807) is 0 Å². The molecular weight excluding hydrogens is 228 g/mol. The third kappa shape index (κ3) is 3.59. The van der Waals surface area contributed by atoms with Gasteiger partial charge in [-0.3, -0.25) is 0 Å². The van der Waals surface area contributed by atoms with Crippen molar-refractivity contribution in [1.82, 2.24) is 0 Å². The van der Waals surface area contributed by atoms with E-state index in [4.69, 9.17) is 9.47 Å². The molecule has 0 spiro atoms. The summed E-state index contributed by atoms with van der Waals surface area (Å²) >= 11 is 0. The van der Waals surface area contributed by atoms with Gasteiger partial charge in [0.15, 0.2) is 0 Å². The fraction of sp³-hybridized carbons (Fsp3) is 0.714. The number of ether oxygens (including phenoxy) is 2. The Kier molecular flexibility index (Phi) is 5.89. The van der Waals surface area contributed by atoms with E-state index in [9.17, 15) is 0 Å². The monoisotopic (exact) mass is 252 g/mol. The van der Waals surface area contributed by atoms with Gasteiger partial charge in [-0.15, -0.1) is 6.58 Å². The van der Waals surface area contributed by atoms with Crippen molar-refractivity contribution in [2.45, 2.75) is 46.2 Å². The summed E-state index contributed by atoms with van der Waals surface area (Å²) in [4.78, 5) is 9.29. The lowest BCUT2D eigenvalue weighted by Gasteiger charge is -2.27. The lowest BCUT2D eigenvalue weighted by atomic mass is 10.0. The van der Waals surface area contributed by atoms with E-state index in [0.717, 1.165) is 12.3 Å². The Labute approximate surface area is 110 Å². The summed E-state index contributed by atoms with van der Waals surface area (Å²) in [6, 6.07) is -0.119. The topological polar surface area (TPSA) is 43.2 Å². The SMILES string of the molecule is C=CC[C@@H]1N=C(OCC)[C@@H](C(C)C)N=C1OCC. The Bertz CT molecular complexity index is 335. The minimum absolute atomic E-state index is 0.0347. The van der Waals surface area contributed by atoms with Gasteiger partial charge in [-0.1, -0.05) is 19.9 Å². The molecule has 0 amide bonds. The van der Waals surface area contributed by atoms with Crippen molar-refractivity contribution in [2.24, 2.45) is 15.9 Å². The van der Waals surface area contributed by atoms with Crippen molar-refractivity contribution < 1.29 is 9.47 Å². The largest absolute Gasteiger partial charge is 0.480 e. The van der Waals surface area contributed by atoms with E-state index < -0.39 is 0 Å². The molecule has 0 aromatic carbocycles. The van der Waals surface area contributed by atoms with Gasteiger partial charge in [0, 0.05) is 0 Å². The van der Waals surface area contributed by atoms with Gasteiger partial charge in [-0.25, -0.2) is 9.98 Å². The Morgan fingerprint density at radius 2 is 1.78 bits per heavy atom. The van der Waals surface area contributed by atoms with Gasteiger partial charge in [0.2, 0.25) is 11.8 Å². The summed E-state index contributed by atoms with van der Waals surface area (Å²) in [7, 11) is 0. The normalized spacial score (nSPS) is 23.4. The van der Waals surface area contributed by atoms with Gasteiger partial charge in [-0.2, -0.15) is 0 Å². The van der Waals surface area contributed by atoms with Crippen LogP contribution in [0.25, 0.3) is 0 Å². The maximum atomic E-state index is 5.61. The van der Waals surface area contributed by atoms with Gasteiger partial charge >= 0.3 is 0 Å². The van der Waals surface area contributed by atoms with Gasteiger partial charge in [-0.05, 0) is 26.2 Å². The molecule has 0 saturated heterocycles. The first-order valence-corrected chi connectivity index (χ1v) is 6.65. The molecule has 0 unspecified atom stereocenters. The Balaban J connectivity index is 2.96. The van der Waals surface area contributed by atoms with Crippen LogP contribution in [-0.4, -0.2) is 37.1 Å². The molecule has 0 N–H and O–H groups in total. The zero-order chi connectivity index (χ0) is 13.5. The third-order valence-electron chi connectivity index (χ3n) is 2.69. The molecule has 0 aliphatic carbocycles. The van der Waals surface area contributed by atoms with E-state index >= 15 is 0 Å². The summed E-state index contributed by atoms with van der Waals surface area (Å²) in [5.74, 6) is 1.78. The molecule has 1 aliphatic rings. The summed E-state index contributed by atoms with van der Waals surface area (Å²) in [5, 5.41) is 0. The van der Waals surface area contributed by atoms with Gasteiger partial charge in [0.05, 0.1) is 13.2 Å². The lowest BCUT2D eigenvalue weighted by molar-refractivity contribution is 0.276. The smallest absolute Gasteiger partial charge is 0.210 e. The van der Waals surface area contributed by atoms with Crippen LogP contribution in [0.2, 0.25) is 0 Å².